The number of aliphatic hydroxyl groups is 1. The van der Waals surface area contributed by atoms with Gasteiger partial charge in [-0.15, -0.1) is 0 Å². The van der Waals surface area contributed by atoms with Crippen molar-refractivity contribution in [2.24, 2.45) is 0 Å². The first-order valence-electron chi connectivity index (χ1n) is 4.86. The van der Waals surface area contributed by atoms with Crippen LogP contribution in [0.1, 0.15) is 25.0 Å². The van der Waals surface area contributed by atoms with Crippen molar-refractivity contribution in [3.63, 3.8) is 0 Å². The van der Waals surface area contributed by atoms with Crippen LogP contribution in [0.2, 0.25) is 10.0 Å². The fourth-order valence-corrected chi connectivity index (χ4v) is 1.90. The van der Waals surface area contributed by atoms with Gasteiger partial charge in [-0.2, -0.15) is 0 Å². The number of rotatable bonds is 5. The van der Waals surface area contributed by atoms with Gasteiger partial charge in [0.15, 0.2) is 0 Å². The van der Waals surface area contributed by atoms with Gasteiger partial charge in [-0.25, -0.2) is 0 Å². The van der Waals surface area contributed by atoms with Gasteiger partial charge in [0, 0.05) is 22.2 Å². The van der Waals surface area contributed by atoms with Gasteiger partial charge in [-0.05, 0) is 18.6 Å². The lowest BCUT2D eigenvalue weighted by Gasteiger charge is -2.14. The molecule has 1 aromatic rings. The molecule has 84 valence electrons. The zero-order valence-corrected chi connectivity index (χ0v) is 10.1. The maximum atomic E-state index is 9.81. The van der Waals surface area contributed by atoms with Gasteiger partial charge in [0.1, 0.15) is 6.10 Å². The molecule has 0 spiro atoms. The van der Waals surface area contributed by atoms with Crippen LogP contribution in [0.3, 0.4) is 0 Å². The van der Waals surface area contributed by atoms with Crippen LogP contribution < -0.4 is 0 Å². The standard InChI is InChI=1S/C11H14Cl2O2/c1-2-6-15-7-10(14)11-8(12)4-3-5-9(11)13/h3-5,10,14H,2,6-7H2,1H3. The molecule has 0 aromatic heterocycles. The lowest BCUT2D eigenvalue weighted by atomic mass is 10.1. The summed E-state index contributed by atoms with van der Waals surface area (Å²) in [6, 6.07) is 5.14. The molecule has 1 aromatic carbocycles. The molecule has 0 amide bonds. The van der Waals surface area contributed by atoms with E-state index >= 15 is 0 Å². The first kappa shape index (κ1) is 12.8. The molecular weight excluding hydrogens is 235 g/mol. The average Bonchev–Trinajstić information content (AvgIpc) is 2.18. The number of aliphatic hydroxyl groups excluding tert-OH is 1. The summed E-state index contributed by atoms with van der Waals surface area (Å²) in [7, 11) is 0. The van der Waals surface area contributed by atoms with Gasteiger partial charge in [0.2, 0.25) is 0 Å². The Balaban J connectivity index is 2.68. The third kappa shape index (κ3) is 3.65. The second-order valence-corrected chi connectivity index (χ2v) is 4.04. The molecule has 0 saturated carbocycles. The van der Waals surface area contributed by atoms with Crippen molar-refractivity contribution in [3.05, 3.63) is 33.8 Å². The van der Waals surface area contributed by atoms with Crippen LogP contribution in [0.4, 0.5) is 0 Å². The van der Waals surface area contributed by atoms with Crippen LogP contribution in [0.25, 0.3) is 0 Å². The molecule has 0 aliphatic rings. The second-order valence-electron chi connectivity index (χ2n) is 3.23. The molecule has 0 bridgehead atoms. The SMILES string of the molecule is CCCOCC(O)c1c(Cl)cccc1Cl. The normalized spacial score (nSPS) is 12.8. The van der Waals surface area contributed by atoms with Gasteiger partial charge in [0.25, 0.3) is 0 Å². The van der Waals surface area contributed by atoms with Gasteiger partial charge in [-0.3, -0.25) is 0 Å². The molecule has 2 nitrogen and oxygen atoms in total. The van der Waals surface area contributed by atoms with E-state index < -0.39 is 6.10 Å². The highest BCUT2D eigenvalue weighted by Crippen LogP contribution is 2.30. The molecule has 1 unspecified atom stereocenters. The van der Waals surface area contributed by atoms with E-state index in [2.05, 4.69) is 0 Å². The van der Waals surface area contributed by atoms with Crippen LogP contribution in [0, 0.1) is 0 Å². The molecule has 0 saturated heterocycles. The lowest BCUT2D eigenvalue weighted by Crippen LogP contribution is -2.08. The summed E-state index contributed by atoms with van der Waals surface area (Å²) in [5, 5.41) is 10.8. The first-order valence-corrected chi connectivity index (χ1v) is 5.62. The summed E-state index contributed by atoms with van der Waals surface area (Å²) >= 11 is 11.9. The third-order valence-electron chi connectivity index (χ3n) is 1.96. The summed E-state index contributed by atoms with van der Waals surface area (Å²) in [6.07, 6.45) is 0.154. The van der Waals surface area contributed by atoms with E-state index in [1.807, 2.05) is 6.92 Å². The topological polar surface area (TPSA) is 29.5 Å². The van der Waals surface area contributed by atoms with Crippen molar-refractivity contribution >= 4 is 23.2 Å². The summed E-state index contributed by atoms with van der Waals surface area (Å²) in [5.74, 6) is 0. The molecule has 15 heavy (non-hydrogen) atoms. The fourth-order valence-electron chi connectivity index (χ4n) is 1.25. The summed E-state index contributed by atoms with van der Waals surface area (Å²) in [5.41, 5.74) is 0.539. The molecular formula is C11H14Cl2O2. The van der Waals surface area contributed by atoms with E-state index in [0.717, 1.165) is 6.42 Å². The highest BCUT2D eigenvalue weighted by molar-refractivity contribution is 6.36. The van der Waals surface area contributed by atoms with Crippen molar-refractivity contribution in [2.45, 2.75) is 19.4 Å². The van der Waals surface area contributed by atoms with Crippen LogP contribution in [-0.2, 0) is 4.74 Å². The van der Waals surface area contributed by atoms with E-state index in [4.69, 9.17) is 27.9 Å². The predicted octanol–water partition coefficient (Wildman–Crippen LogP) is 3.45. The van der Waals surface area contributed by atoms with Gasteiger partial charge in [-0.1, -0.05) is 36.2 Å². The Morgan fingerprint density at radius 1 is 1.33 bits per heavy atom. The number of hydrogen-bond acceptors (Lipinski definition) is 2. The summed E-state index contributed by atoms with van der Waals surface area (Å²) in [4.78, 5) is 0. The maximum Gasteiger partial charge on any atom is 0.105 e. The Morgan fingerprint density at radius 3 is 2.47 bits per heavy atom. The quantitative estimate of drug-likeness (QED) is 0.810. The molecule has 0 radical (unpaired) electrons. The highest BCUT2D eigenvalue weighted by Gasteiger charge is 2.15. The Hall–Kier alpha value is -0.280. The maximum absolute atomic E-state index is 9.81. The largest absolute Gasteiger partial charge is 0.386 e. The van der Waals surface area contributed by atoms with Crippen LogP contribution >= 0.6 is 23.2 Å². The zero-order valence-electron chi connectivity index (χ0n) is 8.54. The molecule has 0 heterocycles. The molecule has 1 N–H and O–H groups in total. The summed E-state index contributed by atoms with van der Waals surface area (Å²) < 4.78 is 5.24. The third-order valence-corrected chi connectivity index (χ3v) is 2.62. The van der Waals surface area contributed by atoms with Crippen LogP contribution in [0.15, 0.2) is 18.2 Å². The van der Waals surface area contributed by atoms with E-state index in [9.17, 15) is 5.11 Å². The number of benzene rings is 1. The smallest absolute Gasteiger partial charge is 0.105 e. The predicted molar refractivity (Wildman–Crippen MR) is 62.5 cm³/mol. The Kier molecular flexibility index (Phi) is 5.40. The highest BCUT2D eigenvalue weighted by atomic mass is 35.5. The number of hydrogen-bond donors (Lipinski definition) is 1. The average molecular weight is 249 g/mol. The van der Waals surface area contributed by atoms with E-state index in [-0.39, 0.29) is 6.61 Å². The zero-order chi connectivity index (χ0) is 11.3. The van der Waals surface area contributed by atoms with Crippen LogP contribution in [-0.4, -0.2) is 18.3 Å². The number of ether oxygens (including phenoxy) is 1. The van der Waals surface area contributed by atoms with Gasteiger partial charge < -0.3 is 9.84 Å². The Labute approximate surface area is 99.8 Å². The van der Waals surface area contributed by atoms with Gasteiger partial charge >= 0.3 is 0 Å². The molecule has 1 rings (SSSR count). The number of halogens is 2. The van der Waals surface area contributed by atoms with E-state index in [1.54, 1.807) is 18.2 Å². The van der Waals surface area contributed by atoms with Gasteiger partial charge in [0.05, 0.1) is 6.61 Å². The minimum Gasteiger partial charge on any atom is -0.386 e. The second kappa shape index (κ2) is 6.33. The molecule has 1 atom stereocenters. The summed E-state index contributed by atoms with van der Waals surface area (Å²) in [6.45, 7) is 2.85. The first-order chi connectivity index (χ1) is 7.16. The molecule has 0 aliphatic carbocycles. The molecule has 4 heteroatoms. The van der Waals surface area contributed by atoms with Crippen LogP contribution in [0.5, 0.6) is 0 Å². The van der Waals surface area contributed by atoms with Crippen molar-refractivity contribution in [1.82, 2.24) is 0 Å². The minimum absolute atomic E-state index is 0.220. The molecule has 0 aliphatic heterocycles. The fraction of sp³-hybridized carbons (Fsp3) is 0.455. The van der Waals surface area contributed by atoms with Crippen molar-refractivity contribution in [1.29, 1.82) is 0 Å². The minimum atomic E-state index is -0.766. The Bertz CT molecular complexity index is 295. The monoisotopic (exact) mass is 248 g/mol. The van der Waals surface area contributed by atoms with Crippen molar-refractivity contribution in [3.8, 4) is 0 Å². The Morgan fingerprint density at radius 2 is 1.93 bits per heavy atom. The van der Waals surface area contributed by atoms with E-state index in [0.29, 0.717) is 22.2 Å². The lowest BCUT2D eigenvalue weighted by molar-refractivity contribution is 0.0365. The van der Waals surface area contributed by atoms with Crippen molar-refractivity contribution in [2.75, 3.05) is 13.2 Å². The molecule has 0 fully saturated rings. The van der Waals surface area contributed by atoms with Crippen molar-refractivity contribution < 1.29 is 9.84 Å². The van der Waals surface area contributed by atoms with E-state index in [1.165, 1.54) is 0 Å².